The van der Waals surface area contributed by atoms with Crippen LogP contribution in [0.4, 0.5) is 14.5 Å². The quantitative estimate of drug-likeness (QED) is 0.399. The molecular weight excluding hydrogens is 488 g/mol. The maximum Gasteiger partial charge on any atom is 0.248 e. The highest BCUT2D eigenvalue weighted by Gasteiger charge is 2.30. The molecule has 0 atom stereocenters. The van der Waals surface area contributed by atoms with E-state index >= 15 is 0 Å². The summed E-state index contributed by atoms with van der Waals surface area (Å²) in [5, 5.41) is 2.05. The van der Waals surface area contributed by atoms with E-state index in [4.69, 9.17) is 5.73 Å². The number of benzene rings is 2. The molecule has 2 heterocycles. The van der Waals surface area contributed by atoms with Crippen molar-refractivity contribution in [3.63, 3.8) is 0 Å². The van der Waals surface area contributed by atoms with Crippen LogP contribution < -0.4 is 10.6 Å². The summed E-state index contributed by atoms with van der Waals surface area (Å²) < 4.78 is 27.3. The lowest BCUT2D eigenvalue weighted by Crippen LogP contribution is -2.47. The van der Waals surface area contributed by atoms with E-state index in [1.165, 1.54) is 34.6 Å². The molecule has 1 aliphatic heterocycles. The molecule has 37 heavy (non-hydrogen) atoms. The van der Waals surface area contributed by atoms with E-state index in [9.17, 15) is 13.6 Å². The Labute approximate surface area is 221 Å². The Morgan fingerprint density at radius 3 is 2.38 bits per heavy atom. The van der Waals surface area contributed by atoms with Gasteiger partial charge in [-0.3, -0.25) is 9.69 Å². The number of thiophene rings is 1. The van der Waals surface area contributed by atoms with Crippen LogP contribution in [0.2, 0.25) is 0 Å². The van der Waals surface area contributed by atoms with Gasteiger partial charge in [0.05, 0.1) is 0 Å². The second-order valence-electron chi connectivity index (χ2n) is 10.9. The summed E-state index contributed by atoms with van der Waals surface area (Å²) in [6.07, 6.45) is 3.27. The number of piperazine rings is 1. The van der Waals surface area contributed by atoms with Crippen molar-refractivity contribution in [1.82, 2.24) is 4.90 Å². The highest BCUT2D eigenvalue weighted by atomic mass is 32.1. The normalized spacial score (nSPS) is 18.3. The van der Waals surface area contributed by atoms with Crippen molar-refractivity contribution in [1.29, 1.82) is 0 Å². The van der Waals surface area contributed by atoms with Crippen molar-refractivity contribution in [2.24, 2.45) is 11.1 Å². The first kappa shape index (κ1) is 25.6. The molecule has 7 heteroatoms. The van der Waals surface area contributed by atoms with Gasteiger partial charge in [-0.25, -0.2) is 8.78 Å². The Kier molecular flexibility index (Phi) is 7.19. The van der Waals surface area contributed by atoms with E-state index in [1.807, 2.05) is 12.1 Å². The molecule has 0 unspecified atom stereocenters. The molecule has 2 aromatic carbocycles. The molecule has 0 bridgehead atoms. The SMILES string of the molecule is CC1(C)CCC(CN2CCN(c3ccc(C(N)=O)cc3)CC2)=C(c2cc(-c3ccc(F)c(F)c3)cs2)C1. The van der Waals surface area contributed by atoms with Crippen LogP contribution in [0.15, 0.2) is 59.5 Å². The number of allylic oxidation sites excluding steroid dienone is 1. The van der Waals surface area contributed by atoms with E-state index in [0.717, 1.165) is 56.8 Å². The molecular formula is C30H33F2N3OS. The van der Waals surface area contributed by atoms with Gasteiger partial charge < -0.3 is 10.6 Å². The minimum absolute atomic E-state index is 0.237. The summed E-state index contributed by atoms with van der Waals surface area (Å²) in [5.74, 6) is -2.04. The fourth-order valence-corrected chi connectivity index (χ4v) is 6.37. The lowest BCUT2D eigenvalue weighted by Gasteiger charge is -2.39. The number of hydrogen-bond donors (Lipinski definition) is 1. The van der Waals surface area contributed by atoms with E-state index < -0.39 is 17.5 Å². The Hall–Kier alpha value is -3.03. The summed E-state index contributed by atoms with van der Waals surface area (Å²) in [6, 6.07) is 13.8. The van der Waals surface area contributed by atoms with Crippen molar-refractivity contribution in [2.45, 2.75) is 33.1 Å². The molecule has 1 saturated heterocycles. The van der Waals surface area contributed by atoms with E-state index in [2.05, 4.69) is 35.1 Å². The predicted octanol–water partition coefficient (Wildman–Crippen LogP) is 6.58. The van der Waals surface area contributed by atoms with Gasteiger partial charge in [0.25, 0.3) is 0 Å². The summed E-state index contributed by atoms with van der Waals surface area (Å²) in [4.78, 5) is 17.5. The molecule has 1 amide bonds. The van der Waals surface area contributed by atoms with Crippen LogP contribution in [0.25, 0.3) is 16.7 Å². The van der Waals surface area contributed by atoms with Gasteiger partial charge in [-0.15, -0.1) is 11.3 Å². The van der Waals surface area contributed by atoms with Crippen LogP contribution in [0.3, 0.4) is 0 Å². The molecule has 0 spiro atoms. The van der Waals surface area contributed by atoms with Crippen molar-refractivity contribution in [2.75, 3.05) is 37.6 Å². The zero-order chi connectivity index (χ0) is 26.2. The van der Waals surface area contributed by atoms with E-state index in [-0.39, 0.29) is 5.41 Å². The largest absolute Gasteiger partial charge is 0.369 e. The first-order valence-electron chi connectivity index (χ1n) is 12.8. The zero-order valence-electron chi connectivity index (χ0n) is 21.4. The third kappa shape index (κ3) is 5.78. The Morgan fingerprint density at radius 2 is 1.70 bits per heavy atom. The molecule has 2 N–H and O–H groups in total. The fraction of sp³-hybridized carbons (Fsp3) is 0.367. The molecule has 3 aromatic rings. The van der Waals surface area contributed by atoms with Crippen LogP contribution >= 0.6 is 11.3 Å². The number of hydrogen-bond acceptors (Lipinski definition) is 4. The number of anilines is 1. The Bertz CT molecular complexity index is 1320. The van der Waals surface area contributed by atoms with Crippen LogP contribution in [-0.4, -0.2) is 43.5 Å². The molecule has 0 saturated carbocycles. The zero-order valence-corrected chi connectivity index (χ0v) is 22.2. The second kappa shape index (κ2) is 10.4. The predicted molar refractivity (Wildman–Crippen MR) is 148 cm³/mol. The van der Waals surface area contributed by atoms with Gasteiger partial charge in [0.2, 0.25) is 5.91 Å². The number of rotatable bonds is 6. The van der Waals surface area contributed by atoms with Gasteiger partial charge in [-0.2, -0.15) is 0 Å². The molecule has 4 nitrogen and oxygen atoms in total. The summed E-state index contributed by atoms with van der Waals surface area (Å²) in [7, 11) is 0. The van der Waals surface area contributed by atoms with Gasteiger partial charge in [-0.1, -0.05) is 25.5 Å². The topological polar surface area (TPSA) is 49.6 Å². The second-order valence-corrected chi connectivity index (χ2v) is 11.8. The number of carbonyl (C=O) groups is 1. The van der Waals surface area contributed by atoms with E-state index in [0.29, 0.717) is 11.1 Å². The first-order valence-corrected chi connectivity index (χ1v) is 13.7. The molecule has 1 aromatic heterocycles. The van der Waals surface area contributed by atoms with Crippen molar-refractivity contribution in [3.05, 3.63) is 81.6 Å². The van der Waals surface area contributed by atoms with Gasteiger partial charge in [-0.05, 0) is 89.2 Å². The number of halogens is 2. The standard InChI is InChI=1S/C30H33F2N3OS/c1-30(2)10-9-22(18-34-11-13-35(14-12-34)24-6-3-20(4-7-24)29(33)36)25(17-30)28-16-23(19-37-28)21-5-8-26(31)27(32)15-21/h3-8,15-16,19H,9-14,17-18H2,1-2H3,(H2,33,36). The Balaban J connectivity index is 1.31. The minimum atomic E-state index is -0.819. The third-order valence-electron chi connectivity index (χ3n) is 7.64. The van der Waals surface area contributed by atoms with Crippen LogP contribution in [0.5, 0.6) is 0 Å². The molecule has 0 radical (unpaired) electrons. The minimum Gasteiger partial charge on any atom is -0.369 e. The maximum absolute atomic E-state index is 13.8. The number of nitrogens with zero attached hydrogens (tertiary/aromatic N) is 2. The third-order valence-corrected chi connectivity index (χ3v) is 8.63. The first-order chi connectivity index (χ1) is 17.7. The fourth-order valence-electron chi connectivity index (χ4n) is 5.36. The summed E-state index contributed by atoms with van der Waals surface area (Å²) in [6.45, 7) is 9.43. The molecule has 1 fully saturated rings. The van der Waals surface area contributed by atoms with Crippen LogP contribution in [0, 0.1) is 17.0 Å². The average molecular weight is 522 g/mol. The Morgan fingerprint density at radius 1 is 0.973 bits per heavy atom. The number of amides is 1. The van der Waals surface area contributed by atoms with Crippen LogP contribution in [-0.2, 0) is 0 Å². The average Bonchev–Trinajstić information content (AvgIpc) is 3.37. The molecule has 5 rings (SSSR count). The smallest absolute Gasteiger partial charge is 0.248 e. The number of nitrogens with two attached hydrogens (primary N) is 1. The number of carbonyl (C=O) groups excluding carboxylic acids is 1. The van der Waals surface area contributed by atoms with Crippen molar-refractivity contribution >= 4 is 28.5 Å². The van der Waals surface area contributed by atoms with E-state index in [1.54, 1.807) is 29.5 Å². The highest BCUT2D eigenvalue weighted by Crippen LogP contribution is 2.45. The van der Waals surface area contributed by atoms with Gasteiger partial charge in [0, 0.05) is 48.9 Å². The monoisotopic (exact) mass is 521 g/mol. The lowest BCUT2D eigenvalue weighted by molar-refractivity contribution is 0.100. The summed E-state index contributed by atoms with van der Waals surface area (Å²) >= 11 is 1.69. The van der Waals surface area contributed by atoms with Gasteiger partial charge >= 0.3 is 0 Å². The number of primary amides is 1. The van der Waals surface area contributed by atoms with Crippen molar-refractivity contribution in [3.8, 4) is 11.1 Å². The van der Waals surface area contributed by atoms with Gasteiger partial charge in [0.15, 0.2) is 11.6 Å². The molecule has 2 aliphatic rings. The van der Waals surface area contributed by atoms with Crippen LogP contribution in [0.1, 0.15) is 48.3 Å². The maximum atomic E-state index is 13.8. The summed E-state index contributed by atoms with van der Waals surface area (Å²) in [5.41, 5.74) is 11.8. The highest BCUT2D eigenvalue weighted by molar-refractivity contribution is 7.11. The molecule has 1 aliphatic carbocycles. The van der Waals surface area contributed by atoms with Crippen molar-refractivity contribution < 1.29 is 13.6 Å². The van der Waals surface area contributed by atoms with Gasteiger partial charge in [0.1, 0.15) is 0 Å². The molecule has 194 valence electrons. The lowest BCUT2D eigenvalue weighted by atomic mass is 9.73.